The van der Waals surface area contributed by atoms with E-state index in [9.17, 15) is 8.42 Å². The van der Waals surface area contributed by atoms with E-state index < -0.39 is 10.1 Å². The van der Waals surface area contributed by atoms with Crippen molar-refractivity contribution in [1.29, 1.82) is 0 Å². The molecule has 1 aromatic carbocycles. The predicted octanol–water partition coefficient (Wildman–Crippen LogP) is 8.09. The Balaban J connectivity index is 2.19. The Morgan fingerprint density at radius 1 is 0.871 bits per heavy atom. The Kier molecular flexibility index (Phi) is 13.4. The Morgan fingerprint density at radius 3 is 1.94 bits per heavy atom. The van der Waals surface area contributed by atoms with Crippen LogP contribution in [-0.2, 0) is 14.3 Å². The van der Waals surface area contributed by atoms with Gasteiger partial charge < -0.3 is 0 Å². The topological polar surface area (TPSA) is 43.4 Å². The van der Waals surface area contributed by atoms with Gasteiger partial charge in [0.05, 0.1) is 11.5 Å². The van der Waals surface area contributed by atoms with Crippen LogP contribution in [0, 0.1) is 24.7 Å². The van der Waals surface area contributed by atoms with E-state index in [1.165, 1.54) is 50.5 Å². The molecule has 0 spiro atoms. The fraction of sp³-hybridized carbons (Fsp3) is 0.704. The first-order valence-corrected chi connectivity index (χ1v) is 13.6. The Hall–Kier alpha value is -1.13. The van der Waals surface area contributed by atoms with Gasteiger partial charge in [0.2, 0.25) is 0 Å². The van der Waals surface area contributed by atoms with Crippen LogP contribution in [0.3, 0.4) is 0 Å². The second-order valence-corrected chi connectivity index (χ2v) is 11.6. The van der Waals surface area contributed by atoms with Gasteiger partial charge in [-0.25, -0.2) is 0 Å². The highest BCUT2D eigenvalue weighted by Crippen LogP contribution is 2.22. The number of allylic oxidation sites excluding steroid dienone is 1. The summed E-state index contributed by atoms with van der Waals surface area (Å²) in [6.07, 6.45) is 13.4. The molecule has 0 aromatic heterocycles. The lowest BCUT2D eigenvalue weighted by Crippen LogP contribution is -2.06. The number of rotatable bonds is 16. The molecule has 1 rings (SSSR count). The average molecular weight is 451 g/mol. The molecular weight excluding hydrogens is 404 g/mol. The van der Waals surface area contributed by atoms with Crippen molar-refractivity contribution >= 4 is 10.1 Å². The van der Waals surface area contributed by atoms with Gasteiger partial charge in [0, 0.05) is 0 Å². The van der Waals surface area contributed by atoms with Gasteiger partial charge in [-0.05, 0) is 56.6 Å². The van der Waals surface area contributed by atoms with Crippen molar-refractivity contribution in [2.75, 3.05) is 6.61 Å². The highest BCUT2D eigenvalue weighted by Gasteiger charge is 2.14. The maximum absolute atomic E-state index is 12.2. The first-order chi connectivity index (χ1) is 14.6. The SMILES string of the molecule is C/C(=C/COS(=O)(=O)c1ccc(C)cc1)CCCC(C)CCCC(C)CCCC(C)C. The van der Waals surface area contributed by atoms with Gasteiger partial charge in [-0.2, -0.15) is 8.42 Å². The minimum atomic E-state index is -3.68. The molecule has 2 atom stereocenters. The first-order valence-electron chi connectivity index (χ1n) is 12.2. The zero-order valence-corrected chi connectivity index (χ0v) is 21.6. The van der Waals surface area contributed by atoms with Crippen LogP contribution in [0.15, 0.2) is 40.8 Å². The first kappa shape index (κ1) is 27.9. The summed E-state index contributed by atoms with van der Waals surface area (Å²) in [5, 5.41) is 0. The minimum Gasteiger partial charge on any atom is -0.262 e. The molecule has 0 aliphatic heterocycles. The van der Waals surface area contributed by atoms with E-state index in [-0.39, 0.29) is 11.5 Å². The summed E-state index contributed by atoms with van der Waals surface area (Å²) < 4.78 is 29.6. The van der Waals surface area contributed by atoms with Gasteiger partial charge >= 0.3 is 0 Å². The molecule has 0 N–H and O–H groups in total. The van der Waals surface area contributed by atoms with Crippen molar-refractivity contribution in [2.45, 2.75) is 104 Å². The summed E-state index contributed by atoms with van der Waals surface area (Å²) in [6, 6.07) is 6.75. The molecule has 0 saturated carbocycles. The quantitative estimate of drug-likeness (QED) is 0.189. The second-order valence-electron chi connectivity index (χ2n) is 9.96. The van der Waals surface area contributed by atoms with Gasteiger partial charge in [-0.15, -0.1) is 0 Å². The van der Waals surface area contributed by atoms with Crippen molar-refractivity contribution in [3.8, 4) is 0 Å². The molecule has 3 nitrogen and oxygen atoms in total. The van der Waals surface area contributed by atoms with Gasteiger partial charge in [0.15, 0.2) is 0 Å². The van der Waals surface area contributed by atoms with Crippen LogP contribution in [0.4, 0.5) is 0 Å². The lowest BCUT2D eigenvalue weighted by Gasteiger charge is -2.15. The van der Waals surface area contributed by atoms with Gasteiger partial charge in [-0.3, -0.25) is 4.18 Å². The standard InChI is InChI=1S/C27H46O3S/c1-22(2)10-7-11-23(3)12-8-13-24(4)14-9-15-25(5)20-21-30-31(28,29)27-18-16-26(6)17-19-27/h16-20,22-24H,7-15,21H2,1-6H3/b25-20-. The second kappa shape index (κ2) is 14.8. The fourth-order valence-corrected chi connectivity index (χ4v) is 4.70. The molecule has 178 valence electrons. The zero-order valence-electron chi connectivity index (χ0n) is 20.8. The number of aryl methyl sites for hydroxylation is 1. The Bertz CT molecular complexity index is 732. The molecule has 0 radical (unpaired) electrons. The van der Waals surface area contributed by atoms with Gasteiger partial charge in [-0.1, -0.05) is 102 Å². The van der Waals surface area contributed by atoms with E-state index in [0.29, 0.717) is 0 Å². The number of hydrogen-bond acceptors (Lipinski definition) is 3. The predicted molar refractivity (Wildman–Crippen MR) is 133 cm³/mol. The van der Waals surface area contributed by atoms with Crippen molar-refractivity contribution < 1.29 is 12.6 Å². The molecule has 0 aliphatic rings. The smallest absolute Gasteiger partial charge is 0.262 e. The molecule has 2 unspecified atom stereocenters. The molecule has 0 heterocycles. The van der Waals surface area contributed by atoms with Crippen LogP contribution in [0.1, 0.15) is 98.0 Å². The van der Waals surface area contributed by atoms with Crippen LogP contribution < -0.4 is 0 Å². The minimum absolute atomic E-state index is 0.103. The van der Waals surface area contributed by atoms with E-state index in [1.807, 2.05) is 13.0 Å². The van der Waals surface area contributed by atoms with Crippen LogP contribution >= 0.6 is 0 Å². The van der Waals surface area contributed by atoms with E-state index in [1.54, 1.807) is 24.3 Å². The summed E-state index contributed by atoms with van der Waals surface area (Å²) in [7, 11) is -3.68. The molecular formula is C27H46O3S. The monoisotopic (exact) mass is 450 g/mol. The Morgan fingerprint density at radius 2 is 1.39 bits per heavy atom. The van der Waals surface area contributed by atoms with Crippen molar-refractivity contribution in [1.82, 2.24) is 0 Å². The lowest BCUT2D eigenvalue weighted by molar-refractivity contribution is 0.356. The number of benzene rings is 1. The number of hydrogen-bond donors (Lipinski definition) is 0. The maximum atomic E-state index is 12.2. The van der Waals surface area contributed by atoms with Crippen molar-refractivity contribution in [3.05, 3.63) is 41.5 Å². The summed E-state index contributed by atoms with van der Waals surface area (Å²) in [4.78, 5) is 0.215. The molecule has 0 amide bonds. The van der Waals surface area contributed by atoms with E-state index >= 15 is 0 Å². The van der Waals surface area contributed by atoms with Crippen LogP contribution in [0.5, 0.6) is 0 Å². The van der Waals surface area contributed by atoms with Crippen LogP contribution in [0.25, 0.3) is 0 Å². The lowest BCUT2D eigenvalue weighted by atomic mass is 9.91. The third-order valence-corrected chi connectivity index (χ3v) is 7.40. The van der Waals surface area contributed by atoms with Gasteiger partial charge in [0.1, 0.15) is 0 Å². The zero-order chi connectivity index (χ0) is 23.3. The summed E-state index contributed by atoms with van der Waals surface area (Å²) in [6.45, 7) is 13.5. The highest BCUT2D eigenvalue weighted by atomic mass is 32.2. The molecule has 4 heteroatoms. The molecule has 0 bridgehead atoms. The van der Waals surface area contributed by atoms with Crippen LogP contribution in [-0.4, -0.2) is 15.0 Å². The molecule has 1 aromatic rings. The van der Waals surface area contributed by atoms with E-state index in [0.717, 1.165) is 36.2 Å². The normalized spacial score (nSPS) is 14.7. The highest BCUT2D eigenvalue weighted by molar-refractivity contribution is 7.86. The molecule has 31 heavy (non-hydrogen) atoms. The van der Waals surface area contributed by atoms with E-state index in [2.05, 4.69) is 34.6 Å². The van der Waals surface area contributed by atoms with E-state index in [4.69, 9.17) is 4.18 Å². The Labute approximate surface area is 192 Å². The van der Waals surface area contributed by atoms with Crippen molar-refractivity contribution in [3.63, 3.8) is 0 Å². The fourth-order valence-electron chi connectivity index (χ4n) is 3.85. The average Bonchev–Trinajstić information content (AvgIpc) is 2.68. The summed E-state index contributed by atoms with van der Waals surface area (Å²) in [5.41, 5.74) is 2.23. The molecule has 0 fully saturated rings. The summed E-state index contributed by atoms with van der Waals surface area (Å²) in [5.74, 6) is 2.44. The third-order valence-electron chi connectivity index (χ3n) is 6.10. The third kappa shape index (κ3) is 13.1. The van der Waals surface area contributed by atoms with Gasteiger partial charge in [0.25, 0.3) is 10.1 Å². The largest absolute Gasteiger partial charge is 0.297 e. The van der Waals surface area contributed by atoms with Crippen LogP contribution in [0.2, 0.25) is 0 Å². The molecule has 0 saturated heterocycles. The molecule has 0 aliphatic carbocycles. The van der Waals surface area contributed by atoms with Crippen molar-refractivity contribution in [2.24, 2.45) is 17.8 Å². The maximum Gasteiger partial charge on any atom is 0.297 e. The summed E-state index contributed by atoms with van der Waals surface area (Å²) >= 11 is 0.